The molecular formula is C9H11ClN2O2. The lowest BCUT2D eigenvalue weighted by Gasteiger charge is -2.09. The molecule has 0 saturated heterocycles. The quantitative estimate of drug-likeness (QED) is 0.597. The van der Waals surface area contributed by atoms with E-state index in [-0.39, 0.29) is 0 Å². The highest BCUT2D eigenvalue weighted by Gasteiger charge is 2.15. The molecule has 0 aliphatic carbocycles. The largest absolute Gasteiger partial charge is 0.468 e. The van der Waals surface area contributed by atoms with Gasteiger partial charge in [-0.25, -0.2) is 4.98 Å². The van der Waals surface area contributed by atoms with Crippen molar-refractivity contribution in [3.05, 3.63) is 29.0 Å². The van der Waals surface area contributed by atoms with Crippen LogP contribution in [-0.4, -0.2) is 24.1 Å². The van der Waals surface area contributed by atoms with Crippen LogP contribution in [0, 0.1) is 0 Å². The van der Waals surface area contributed by atoms with Crippen LogP contribution in [0.15, 0.2) is 18.3 Å². The molecule has 1 unspecified atom stereocenters. The van der Waals surface area contributed by atoms with E-state index in [2.05, 4.69) is 9.72 Å². The zero-order valence-electron chi connectivity index (χ0n) is 7.74. The molecule has 1 atom stereocenters. The lowest BCUT2D eigenvalue weighted by Crippen LogP contribution is -2.33. The molecule has 1 aromatic rings. The van der Waals surface area contributed by atoms with Crippen LogP contribution in [-0.2, 0) is 16.0 Å². The van der Waals surface area contributed by atoms with Gasteiger partial charge in [0.15, 0.2) is 0 Å². The normalized spacial score (nSPS) is 12.2. The average Bonchev–Trinajstić information content (AvgIpc) is 2.20. The minimum Gasteiger partial charge on any atom is -0.468 e. The summed E-state index contributed by atoms with van der Waals surface area (Å²) >= 11 is 5.80. The Morgan fingerprint density at radius 3 is 3.07 bits per heavy atom. The summed E-state index contributed by atoms with van der Waals surface area (Å²) in [4.78, 5) is 14.9. The molecule has 0 bridgehead atoms. The Morgan fingerprint density at radius 2 is 2.50 bits per heavy atom. The Morgan fingerprint density at radius 1 is 1.79 bits per heavy atom. The van der Waals surface area contributed by atoms with Crippen LogP contribution >= 0.6 is 11.6 Å². The van der Waals surface area contributed by atoms with Gasteiger partial charge in [-0.1, -0.05) is 17.7 Å². The van der Waals surface area contributed by atoms with E-state index in [0.29, 0.717) is 11.6 Å². The molecule has 0 fully saturated rings. The van der Waals surface area contributed by atoms with Crippen molar-refractivity contribution in [2.45, 2.75) is 12.5 Å². The van der Waals surface area contributed by atoms with Crippen molar-refractivity contribution in [3.8, 4) is 0 Å². The topological polar surface area (TPSA) is 65.2 Å². The molecule has 0 aromatic carbocycles. The molecule has 14 heavy (non-hydrogen) atoms. The van der Waals surface area contributed by atoms with Crippen LogP contribution in [0.4, 0.5) is 0 Å². The molecule has 0 saturated carbocycles. The molecule has 1 aromatic heterocycles. The maximum Gasteiger partial charge on any atom is 0.322 e. The molecular weight excluding hydrogens is 204 g/mol. The van der Waals surface area contributed by atoms with Gasteiger partial charge < -0.3 is 10.5 Å². The second-order valence-corrected chi connectivity index (χ2v) is 3.15. The molecule has 0 radical (unpaired) electrons. The maximum atomic E-state index is 11.0. The van der Waals surface area contributed by atoms with Gasteiger partial charge in [0.05, 0.1) is 7.11 Å². The highest BCUT2D eigenvalue weighted by Crippen LogP contribution is 2.13. The zero-order valence-corrected chi connectivity index (χ0v) is 8.49. The van der Waals surface area contributed by atoms with Gasteiger partial charge in [-0.2, -0.15) is 0 Å². The number of nitrogens with two attached hydrogens (primary N) is 1. The smallest absolute Gasteiger partial charge is 0.322 e. The van der Waals surface area contributed by atoms with Crippen LogP contribution in [0.2, 0.25) is 5.15 Å². The SMILES string of the molecule is COC(=O)C(N)Cc1cccnc1Cl. The van der Waals surface area contributed by atoms with Gasteiger partial charge in [0.2, 0.25) is 0 Å². The first kappa shape index (κ1) is 10.9. The molecule has 0 aliphatic rings. The van der Waals surface area contributed by atoms with Crippen LogP contribution < -0.4 is 5.73 Å². The van der Waals surface area contributed by atoms with Crippen LogP contribution in [0.1, 0.15) is 5.56 Å². The van der Waals surface area contributed by atoms with Crippen molar-refractivity contribution in [1.82, 2.24) is 4.98 Å². The van der Waals surface area contributed by atoms with Gasteiger partial charge in [0.1, 0.15) is 11.2 Å². The monoisotopic (exact) mass is 214 g/mol. The van der Waals surface area contributed by atoms with Crippen molar-refractivity contribution < 1.29 is 9.53 Å². The summed E-state index contributed by atoms with van der Waals surface area (Å²) in [6.07, 6.45) is 1.91. The number of carbonyl (C=O) groups excluding carboxylic acids is 1. The minimum atomic E-state index is -0.693. The van der Waals surface area contributed by atoms with E-state index in [1.807, 2.05) is 0 Å². The third-order valence-electron chi connectivity index (χ3n) is 1.78. The predicted molar refractivity (Wildman–Crippen MR) is 52.9 cm³/mol. The molecule has 1 rings (SSSR count). The lowest BCUT2D eigenvalue weighted by molar-refractivity contribution is -0.142. The standard InChI is InChI=1S/C9H11ClN2O2/c1-14-9(13)7(11)5-6-3-2-4-12-8(6)10/h2-4,7H,5,11H2,1H3. The predicted octanol–water partition coefficient (Wildman–Crippen LogP) is 0.778. The Balaban J connectivity index is 2.69. The lowest BCUT2D eigenvalue weighted by atomic mass is 10.1. The summed E-state index contributed by atoms with van der Waals surface area (Å²) < 4.78 is 4.50. The second-order valence-electron chi connectivity index (χ2n) is 2.79. The molecule has 1 heterocycles. The number of rotatable bonds is 3. The third kappa shape index (κ3) is 2.68. The average molecular weight is 215 g/mol. The fourth-order valence-electron chi connectivity index (χ4n) is 1.04. The van der Waals surface area contributed by atoms with Gasteiger partial charge >= 0.3 is 5.97 Å². The van der Waals surface area contributed by atoms with Gasteiger partial charge in [-0.05, 0) is 11.6 Å². The first-order chi connectivity index (χ1) is 6.65. The molecule has 4 nitrogen and oxygen atoms in total. The van der Waals surface area contributed by atoms with Gasteiger partial charge in [-0.15, -0.1) is 0 Å². The van der Waals surface area contributed by atoms with Crippen molar-refractivity contribution in [1.29, 1.82) is 0 Å². The van der Waals surface area contributed by atoms with Crippen molar-refractivity contribution >= 4 is 17.6 Å². The van der Waals surface area contributed by atoms with Gasteiger partial charge in [0.25, 0.3) is 0 Å². The number of esters is 1. The molecule has 0 aliphatic heterocycles. The summed E-state index contributed by atoms with van der Waals surface area (Å²) in [6.45, 7) is 0. The van der Waals surface area contributed by atoms with E-state index in [0.717, 1.165) is 5.56 Å². The van der Waals surface area contributed by atoms with Crippen molar-refractivity contribution in [3.63, 3.8) is 0 Å². The fourth-order valence-corrected chi connectivity index (χ4v) is 1.24. The molecule has 0 amide bonds. The van der Waals surface area contributed by atoms with Crippen LogP contribution in [0.5, 0.6) is 0 Å². The molecule has 76 valence electrons. The van der Waals surface area contributed by atoms with E-state index in [1.165, 1.54) is 7.11 Å². The van der Waals surface area contributed by atoms with Gasteiger partial charge in [0, 0.05) is 12.6 Å². The number of carbonyl (C=O) groups is 1. The summed E-state index contributed by atoms with van der Waals surface area (Å²) in [6, 6.07) is 2.82. The van der Waals surface area contributed by atoms with Crippen LogP contribution in [0.3, 0.4) is 0 Å². The molecule has 5 heteroatoms. The zero-order chi connectivity index (χ0) is 10.6. The first-order valence-electron chi connectivity index (χ1n) is 4.08. The first-order valence-corrected chi connectivity index (χ1v) is 4.45. The maximum absolute atomic E-state index is 11.0. The van der Waals surface area contributed by atoms with E-state index < -0.39 is 12.0 Å². The summed E-state index contributed by atoms with van der Waals surface area (Å²) in [5, 5.41) is 0.367. The highest BCUT2D eigenvalue weighted by molar-refractivity contribution is 6.30. The van der Waals surface area contributed by atoms with E-state index >= 15 is 0 Å². The minimum absolute atomic E-state index is 0.333. The highest BCUT2D eigenvalue weighted by atomic mass is 35.5. The fraction of sp³-hybridized carbons (Fsp3) is 0.333. The number of ether oxygens (including phenoxy) is 1. The van der Waals surface area contributed by atoms with Crippen LogP contribution in [0.25, 0.3) is 0 Å². The number of nitrogens with zero attached hydrogens (tertiary/aromatic N) is 1. The summed E-state index contributed by atoms with van der Waals surface area (Å²) in [5.74, 6) is -0.454. The number of halogens is 1. The van der Waals surface area contributed by atoms with Gasteiger partial charge in [-0.3, -0.25) is 4.79 Å². The Bertz CT molecular complexity index is 330. The number of methoxy groups -OCH3 is 1. The summed E-state index contributed by atoms with van der Waals surface area (Å²) in [5.41, 5.74) is 6.31. The molecule has 2 N–H and O–H groups in total. The van der Waals surface area contributed by atoms with Crippen molar-refractivity contribution in [2.24, 2.45) is 5.73 Å². The molecule has 0 spiro atoms. The third-order valence-corrected chi connectivity index (χ3v) is 2.12. The Hall–Kier alpha value is -1.13. The Kier molecular flexibility index (Phi) is 3.85. The van der Waals surface area contributed by atoms with E-state index in [4.69, 9.17) is 17.3 Å². The second kappa shape index (κ2) is 4.93. The number of hydrogen-bond acceptors (Lipinski definition) is 4. The van der Waals surface area contributed by atoms with Crippen molar-refractivity contribution in [2.75, 3.05) is 7.11 Å². The summed E-state index contributed by atoms with van der Waals surface area (Å²) in [7, 11) is 1.30. The number of pyridine rings is 1. The van der Waals surface area contributed by atoms with E-state index in [9.17, 15) is 4.79 Å². The van der Waals surface area contributed by atoms with E-state index in [1.54, 1.807) is 18.3 Å². The number of hydrogen-bond donors (Lipinski definition) is 1. The number of aromatic nitrogens is 1. The Labute approximate surface area is 87.0 Å².